The summed E-state index contributed by atoms with van der Waals surface area (Å²) < 4.78 is 5.41. The summed E-state index contributed by atoms with van der Waals surface area (Å²) in [7, 11) is 0. The first kappa shape index (κ1) is 13.5. The van der Waals surface area contributed by atoms with Crippen LogP contribution in [0.25, 0.3) is 10.9 Å². The Kier molecular flexibility index (Phi) is 4.28. The number of nitrogens with one attached hydrogen (secondary N) is 1. The first-order valence-electron chi connectivity index (χ1n) is 7.46. The Bertz CT molecular complexity index is 576. The summed E-state index contributed by atoms with van der Waals surface area (Å²) in [6.45, 7) is 5.92. The highest BCUT2D eigenvalue weighted by atomic mass is 16.5. The molecule has 1 fully saturated rings. The molecule has 1 aromatic heterocycles. The summed E-state index contributed by atoms with van der Waals surface area (Å²) in [5, 5.41) is 4.82. The zero-order valence-corrected chi connectivity index (χ0v) is 12.1. The second kappa shape index (κ2) is 6.33. The number of ether oxygens (including phenoxy) is 1. The second-order valence-corrected chi connectivity index (χ2v) is 5.63. The molecule has 3 rings (SSSR count). The third-order valence-corrected chi connectivity index (χ3v) is 4.00. The molecule has 1 saturated heterocycles. The number of aryl methyl sites for hydroxylation is 1. The van der Waals surface area contributed by atoms with Gasteiger partial charge in [0.25, 0.3) is 0 Å². The van der Waals surface area contributed by atoms with Gasteiger partial charge in [-0.25, -0.2) is 0 Å². The summed E-state index contributed by atoms with van der Waals surface area (Å²) in [4.78, 5) is 4.58. The molecule has 0 saturated carbocycles. The van der Waals surface area contributed by atoms with E-state index in [9.17, 15) is 0 Å². The van der Waals surface area contributed by atoms with Crippen LogP contribution in [0.4, 0.5) is 0 Å². The van der Waals surface area contributed by atoms with Crippen molar-refractivity contribution in [2.24, 2.45) is 5.92 Å². The van der Waals surface area contributed by atoms with Crippen LogP contribution in [0.5, 0.6) is 0 Å². The largest absolute Gasteiger partial charge is 0.381 e. The lowest BCUT2D eigenvalue weighted by Crippen LogP contribution is -2.18. The number of benzene rings is 1. The van der Waals surface area contributed by atoms with Crippen LogP contribution in [-0.4, -0.2) is 24.7 Å². The molecule has 1 unspecified atom stereocenters. The molecule has 0 bridgehead atoms. The molecular weight excluding hydrogens is 248 g/mol. The Morgan fingerprint density at radius 2 is 2.25 bits per heavy atom. The molecule has 0 aliphatic carbocycles. The maximum absolute atomic E-state index is 5.41. The van der Waals surface area contributed by atoms with Crippen LogP contribution in [-0.2, 0) is 11.3 Å². The van der Waals surface area contributed by atoms with Crippen molar-refractivity contribution in [3.63, 3.8) is 0 Å². The summed E-state index contributed by atoms with van der Waals surface area (Å²) in [6, 6.07) is 10.6. The van der Waals surface area contributed by atoms with Crippen LogP contribution in [0, 0.1) is 12.8 Å². The molecule has 1 atom stereocenters. The van der Waals surface area contributed by atoms with Crippen LogP contribution >= 0.6 is 0 Å². The standard InChI is InChI=1S/C17H22N2O/c1-13-10-15(16-4-2-3-5-17(16)19-13)11-18-8-6-14-7-9-20-12-14/h2-5,10,14,18H,6-9,11-12H2,1H3. The fourth-order valence-electron chi connectivity index (χ4n) is 2.88. The second-order valence-electron chi connectivity index (χ2n) is 5.63. The lowest BCUT2D eigenvalue weighted by atomic mass is 10.0. The van der Waals surface area contributed by atoms with E-state index in [1.807, 2.05) is 6.07 Å². The first-order valence-corrected chi connectivity index (χ1v) is 7.46. The number of rotatable bonds is 5. The molecule has 0 spiro atoms. The third kappa shape index (κ3) is 3.17. The minimum atomic E-state index is 0.749. The van der Waals surface area contributed by atoms with E-state index in [4.69, 9.17) is 4.74 Å². The predicted octanol–water partition coefficient (Wildman–Crippen LogP) is 3.06. The van der Waals surface area contributed by atoms with E-state index in [-0.39, 0.29) is 0 Å². The Balaban J connectivity index is 1.61. The van der Waals surface area contributed by atoms with Gasteiger partial charge in [0.05, 0.1) is 5.52 Å². The normalized spacial score (nSPS) is 18.8. The molecule has 2 heterocycles. The summed E-state index contributed by atoms with van der Waals surface area (Å²) in [6.07, 6.45) is 2.43. The SMILES string of the molecule is Cc1cc(CNCCC2CCOC2)c2ccccc2n1. The van der Waals surface area contributed by atoms with E-state index >= 15 is 0 Å². The zero-order valence-electron chi connectivity index (χ0n) is 12.1. The highest BCUT2D eigenvalue weighted by Crippen LogP contribution is 2.18. The lowest BCUT2D eigenvalue weighted by molar-refractivity contribution is 0.184. The van der Waals surface area contributed by atoms with Crippen LogP contribution in [0.2, 0.25) is 0 Å². The molecule has 1 aliphatic rings. The fourth-order valence-corrected chi connectivity index (χ4v) is 2.88. The zero-order chi connectivity index (χ0) is 13.8. The molecule has 20 heavy (non-hydrogen) atoms. The van der Waals surface area contributed by atoms with Crippen molar-refractivity contribution >= 4 is 10.9 Å². The molecular formula is C17H22N2O. The molecule has 1 N–H and O–H groups in total. The minimum absolute atomic E-state index is 0.749. The molecule has 0 amide bonds. The van der Waals surface area contributed by atoms with Crippen LogP contribution < -0.4 is 5.32 Å². The maximum atomic E-state index is 5.41. The van der Waals surface area contributed by atoms with Gasteiger partial charge in [0.15, 0.2) is 0 Å². The Labute approximate surface area is 120 Å². The smallest absolute Gasteiger partial charge is 0.0708 e. The maximum Gasteiger partial charge on any atom is 0.0708 e. The summed E-state index contributed by atoms with van der Waals surface area (Å²) in [5.74, 6) is 0.749. The topological polar surface area (TPSA) is 34.1 Å². The highest BCUT2D eigenvalue weighted by Gasteiger charge is 2.14. The average molecular weight is 270 g/mol. The molecule has 3 heteroatoms. The molecule has 1 aliphatic heterocycles. The first-order chi connectivity index (χ1) is 9.83. The third-order valence-electron chi connectivity index (χ3n) is 4.00. The van der Waals surface area contributed by atoms with Gasteiger partial charge in [0.1, 0.15) is 0 Å². The van der Waals surface area contributed by atoms with Crippen molar-refractivity contribution in [1.82, 2.24) is 10.3 Å². The quantitative estimate of drug-likeness (QED) is 0.848. The average Bonchev–Trinajstić information content (AvgIpc) is 2.96. The van der Waals surface area contributed by atoms with Gasteiger partial charge in [-0.15, -0.1) is 0 Å². The monoisotopic (exact) mass is 270 g/mol. The number of aromatic nitrogens is 1. The number of hydrogen-bond acceptors (Lipinski definition) is 3. The van der Waals surface area contributed by atoms with Crippen molar-refractivity contribution in [2.45, 2.75) is 26.3 Å². The van der Waals surface area contributed by atoms with E-state index in [1.165, 1.54) is 23.8 Å². The number of nitrogens with zero attached hydrogens (tertiary/aromatic N) is 1. The van der Waals surface area contributed by atoms with Gasteiger partial charge in [-0.05, 0) is 49.9 Å². The number of hydrogen-bond donors (Lipinski definition) is 1. The van der Waals surface area contributed by atoms with E-state index in [0.29, 0.717) is 0 Å². The van der Waals surface area contributed by atoms with Gasteiger partial charge in [-0.2, -0.15) is 0 Å². The van der Waals surface area contributed by atoms with Gasteiger partial charge >= 0.3 is 0 Å². The van der Waals surface area contributed by atoms with Crippen molar-refractivity contribution in [3.8, 4) is 0 Å². The highest BCUT2D eigenvalue weighted by molar-refractivity contribution is 5.82. The van der Waals surface area contributed by atoms with E-state index in [0.717, 1.165) is 43.4 Å². The van der Waals surface area contributed by atoms with Gasteiger partial charge in [0.2, 0.25) is 0 Å². The minimum Gasteiger partial charge on any atom is -0.381 e. The Morgan fingerprint density at radius 3 is 3.10 bits per heavy atom. The van der Waals surface area contributed by atoms with Gasteiger partial charge in [0, 0.05) is 30.8 Å². The fraction of sp³-hybridized carbons (Fsp3) is 0.471. The Hall–Kier alpha value is -1.45. The molecule has 1 aromatic carbocycles. The van der Waals surface area contributed by atoms with Crippen molar-refractivity contribution in [1.29, 1.82) is 0 Å². The van der Waals surface area contributed by atoms with Crippen LogP contribution in [0.15, 0.2) is 30.3 Å². The molecule has 106 valence electrons. The van der Waals surface area contributed by atoms with Gasteiger partial charge in [-0.3, -0.25) is 4.98 Å². The van der Waals surface area contributed by atoms with Crippen molar-refractivity contribution in [2.75, 3.05) is 19.8 Å². The number of para-hydroxylation sites is 1. The molecule has 0 radical (unpaired) electrons. The lowest BCUT2D eigenvalue weighted by Gasteiger charge is -2.11. The van der Waals surface area contributed by atoms with Crippen LogP contribution in [0.1, 0.15) is 24.1 Å². The van der Waals surface area contributed by atoms with Crippen molar-refractivity contribution in [3.05, 3.63) is 41.6 Å². The van der Waals surface area contributed by atoms with Gasteiger partial charge in [-0.1, -0.05) is 18.2 Å². The predicted molar refractivity (Wildman–Crippen MR) is 81.7 cm³/mol. The van der Waals surface area contributed by atoms with Gasteiger partial charge < -0.3 is 10.1 Å². The molecule has 2 aromatic rings. The van der Waals surface area contributed by atoms with Crippen molar-refractivity contribution < 1.29 is 4.74 Å². The van der Waals surface area contributed by atoms with E-state index < -0.39 is 0 Å². The van der Waals surface area contributed by atoms with E-state index in [1.54, 1.807) is 0 Å². The number of pyridine rings is 1. The summed E-state index contributed by atoms with van der Waals surface area (Å²) >= 11 is 0. The van der Waals surface area contributed by atoms with E-state index in [2.05, 4.69) is 41.5 Å². The number of fused-ring (bicyclic) bond motifs is 1. The van der Waals surface area contributed by atoms with Crippen LogP contribution in [0.3, 0.4) is 0 Å². The molecule has 3 nitrogen and oxygen atoms in total. The summed E-state index contributed by atoms with van der Waals surface area (Å²) in [5.41, 5.74) is 3.52. The Morgan fingerprint density at radius 1 is 1.35 bits per heavy atom.